The molecule has 3 rings (SSSR count). The van der Waals surface area contributed by atoms with Crippen molar-refractivity contribution in [3.05, 3.63) is 11.6 Å². The third-order valence-corrected chi connectivity index (χ3v) is 4.53. The van der Waals surface area contributed by atoms with E-state index >= 15 is 0 Å². The highest BCUT2D eigenvalue weighted by atomic mass is 16.2. The molecule has 1 heterocycles. The minimum atomic E-state index is -0.308. The number of urea groups is 1. The van der Waals surface area contributed by atoms with Crippen LogP contribution in [0.25, 0.3) is 0 Å². The molecule has 22 heavy (non-hydrogen) atoms. The van der Waals surface area contributed by atoms with Gasteiger partial charge >= 0.3 is 6.03 Å². The Bertz CT molecular complexity index is 511. The molecule has 6 nitrogen and oxygen atoms in total. The van der Waals surface area contributed by atoms with Gasteiger partial charge in [0.2, 0.25) is 5.91 Å². The fourth-order valence-electron chi connectivity index (χ4n) is 3.08. The second-order valence-corrected chi connectivity index (χ2v) is 6.33. The zero-order valence-corrected chi connectivity index (χ0v) is 12.8. The van der Waals surface area contributed by atoms with Crippen molar-refractivity contribution in [1.82, 2.24) is 15.1 Å². The Morgan fingerprint density at radius 2 is 2.09 bits per heavy atom. The fraction of sp³-hybridized carbons (Fsp3) is 0.688. The minimum Gasteiger partial charge on any atom is -0.354 e. The Morgan fingerprint density at radius 3 is 2.77 bits per heavy atom. The molecule has 0 atom stereocenters. The second kappa shape index (κ2) is 6.50. The number of amides is 4. The molecule has 6 heteroatoms. The van der Waals surface area contributed by atoms with Crippen LogP contribution < -0.4 is 5.32 Å². The molecule has 0 aromatic carbocycles. The molecule has 1 N–H and O–H groups in total. The Balaban J connectivity index is 1.42. The first-order chi connectivity index (χ1) is 10.6. The smallest absolute Gasteiger partial charge is 0.327 e. The van der Waals surface area contributed by atoms with E-state index in [1.807, 2.05) is 0 Å². The van der Waals surface area contributed by atoms with Crippen molar-refractivity contribution in [3.8, 4) is 0 Å². The summed E-state index contributed by atoms with van der Waals surface area (Å²) in [5.74, 6) is -0.516. The summed E-state index contributed by atoms with van der Waals surface area (Å²) in [5, 5.41) is 2.81. The van der Waals surface area contributed by atoms with E-state index in [9.17, 15) is 14.4 Å². The Kier molecular flexibility index (Phi) is 4.45. The van der Waals surface area contributed by atoms with Gasteiger partial charge in [-0.1, -0.05) is 11.6 Å². The number of imide groups is 1. The van der Waals surface area contributed by atoms with Crippen LogP contribution in [0.15, 0.2) is 11.6 Å². The molecule has 120 valence electrons. The zero-order valence-electron chi connectivity index (χ0n) is 12.8. The van der Waals surface area contributed by atoms with E-state index in [2.05, 4.69) is 11.4 Å². The van der Waals surface area contributed by atoms with Crippen molar-refractivity contribution in [2.24, 2.45) is 0 Å². The third-order valence-electron chi connectivity index (χ3n) is 4.53. The SMILES string of the molecule is O=C(CN1C(=O)CN(C2CC2)C1=O)NCCC1=CCCCC1. The second-order valence-electron chi connectivity index (χ2n) is 6.33. The average molecular weight is 305 g/mol. The molecular weight excluding hydrogens is 282 g/mol. The molecule has 0 aromatic heterocycles. The Morgan fingerprint density at radius 1 is 1.27 bits per heavy atom. The molecule has 0 aromatic rings. The van der Waals surface area contributed by atoms with Gasteiger partial charge in [0.05, 0.1) is 0 Å². The highest BCUT2D eigenvalue weighted by Gasteiger charge is 2.44. The number of hydrogen-bond acceptors (Lipinski definition) is 3. The minimum absolute atomic E-state index is 0.129. The number of hydrogen-bond donors (Lipinski definition) is 1. The van der Waals surface area contributed by atoms with Crippen LogP contribution >= 0.6 is 0 Å². The number of rotatable bonds is 6. The maximum absolute atomic E-state index is 12.1. The summed E-state index contributed by atoms with van der Waals surface area (Å²) < 4.78 is 0. The molecule has 3 aliphatic rings. The van der Waals surface area contributed by atoms with Crippen LogP contribution in [0.2, 0.25) is 0 Å². The van der Waals surface area contributed by atoms with Crippen molar-refractivity contribution in [2.75, 3.05) is 19.6 Å². The van der Waals surface area contributed by atoms with Gasteiger partial charge < -0.3 is 10.2 Å². The van der Waals surface area contributed by atoms with Crippen molar-refractivity contribution < 1.29 is 14.4 Å². The molecule has 0 spiro atoms. The number of nitrogens with one attached hydrogen (secondary N) is 1. The first kappa shape index (κ1) is 15.1. The number of allylic oxidation sites excluding steroid dienone is 1. The summed E-state index contributed by atoms with van der Waals surface area (Å²) in [6, 6.07) is -0.0969. The third kappa shape index (κ3) is 3.48. The van der Waals surface area contributed by atoms with Crippen LogP contribution in [0.1, 0.15) is 44.9 Å². The molecule has 2 fully saturated rings. The number of carbonyl (C=O) groups excluding carboxylic acids is 3. The van der Waals surface area contributed by atoms with Crippen LogP contribution in [0.3, 0.4) is 0 Å². The normalized spacial score (nSPS) is 22.1. The Hall–Kier alpha value is -1.85. The molecule has 2 aliphatic carbocycles. The summed E-state index contributed by atoms with van der Waals surface area (Å²) in [7, 11) is 0. The summed E-state index contributed by atoms with van der Waals surface area (Å²) in [6.45, 7) is 0.552. The van der Waals surface area contributed by atoms with Crippen molar-refractivity contribution >= 4 is 17.8 Å². The lowest BCUT2D eigenvalue weighted by molar-refractivity contribution is -0.130. The van der Waals surface area contributed by atoms with E-state index in [1.165, 1.54) is 18.4 Å². The van der Waals surface area contributed by atoms with E-state index in [-0.39, 0.29) is 37.0 Å². The van der Waals surface area contributed by atoms with Gasteiger partial charge in [0.15, 0.2) is 0 Å². The highest BCUT2D eigenvalue weighted by Crippen LogP contribution is 2.30. The van der Waals surface area contributed by atoms with Crippen molar-refractivity contribution in [2.45, 2.75) is 51.0 Å². The summed E-state index contributed by atoms with van der Waals surface area (Å²) >= 11 is 0. The van der Waals surface area contributed by atoms with Gasteiger partial charge in [0, 0.05) is 12.6 Å². The van der Waals surface area contributed by atoms with Crippen LogP contribution in [-0.4, -0.2) is 53.3 Å². The quantitative estimate of drug-likeness (QED) is 0.596. The molecule has 1 saturated carbocycles. The molecule has 4 amide bonds. The van der Waals surface area contributed by atoms with Crippen molar-refractivity contribution in [3.63, 3.8) is 0 Å². The zero-order chi connectivity index (χ0) is 15.5. The van der Waals surface area contributed by atoms with Gasteiger partial charge in [-0.15, -0.1) is 0 Å². The van der Waals surface area contributed by atoms with Crippen LogP contribution in [-0.2, 0) is 9.59 Å². The first-order valence-corrected chi connectivity index (χ1v) is 8.21. The van der Waals surface area contributed by atoms with Gasteiger partial charge in [-0.3, -0.25) is 14.5 Å². The molecule has 0 radical (unpaired) electrons. The maximum Gasteiger partial charge on any atom is 0.327 e. The molecule has 0 unspecified atom stereocenters. The number of carbonyl (C=O) groups is 3. The summed E-state index contributed by atoms with van der Waals surface area (Å²) in [6.07, 6.45) is 9.80. The van der Waals surface area contributed by atoms with E-state index in [0.29, 0.717) is 6.54 Å². The average Bonchev–Trinajstić information content (AvgIpc) is 3.31. The van der Waals surface area contributed by atoms with E-state index < -0.39 is 0 Å². The highest BCUT2D eigenvalue weighted by molar-refractivity contribution is 6.04. The first-order valence-electron chi connectivity index (χ1n) is 8.21. The topological polar surface area (TPSA) is 69.7 Å². The fourth-order valence-corrected chi connectivity index (χ4v) is 3.08. The van der Waals surface area contributed by atoms with Crippen LogP contribution in [0, 0.1) is 0 Å². The predicted octanol–water partition coefficient (Wildman–Crippen LogP) is 1.42. The summed E-state index contributed by atoms with van der Waals surface area (Å²) in [5.41, 5.74) is 1.40. The van der Waals surface area contributed by atoms with Crippen molar-refractivity contribution in [1.29, 1.82) is 0 Å². The monoisotopic (exact) mass is 305 g/mol. The van der Waals surface area contributed by atoms with Gasteiger partial charge in [-0.2, -0.15) is 0 Å². The molecule has 1 saturated heterocycles. The van der Waals surface area contributed by atoms with E-state index in [4.69, 9.17) is 0 Å². The lowest BCUT2D eigenvalue weighted by Gasteiger charge is -2.17. The maximum atomic E-state index is 12.1. The van der Waals surface area contributed by atoms with Crippen LogP contribution in [0.4, 0.5) is 4.79 Å². The van der Waals surface area contributed by atoms with Gasteiger partial charge in [0.25, 0.3) is 5.91 Å². The Labute approximate surface area is 130 Å². The van der Waals surface area contributed by atoms with Gasteiger partial charge in [-0.05, 0) is 44.9 Å². The predicted molar refractivity (Wildman–Crippen MR) is 81.0 cm³/mol. The van der Waals surface area contributed by atoms with E-state index in [0.717, 1.165) is 37.0 Å². The molecule has 0 bridgehead atoms. The lowest BCUT2D eigenvalue weighted by atomic mass is 9.97. The molecular formula is C16H23N3O3. The van der Waals surface area contributed by atoms with Gasteiger partial charge in [-0.25, -0.2) is 4.79 Å². The summed E-state index contributed by atoms with van der Waals surface area (Å²) in [4.78, 5) is 38.5. The largest absolute Gasteiger partial charge is 0.354 e. The lowest BCUT2D eigenvalue weighted by Crippen LogP contribution is -2.42. The standard InChI is InChI=1S/C16H23N3O3/c20-14(17-9-8-12-4-2-1-3-5-12)10-19-15(21)11-18(16(19)22)13-6-7-13/h4,13H,1-3,5-11H2,(H,17,20). The van der Waals surface area contributed by atoms with Gasteiger partial charge in [0.1, 0.15) is 13.1 Å². The van der Waals surface area contributed by atoms with Crippen LogP contribution in [0.5, 0.6) is 0 Å². The number of nitrogens with zero attached hydrogens (tertiary/aromatic N) is 2. The molecule has 1 aliphatic heterocycles. The van der Waals surface area contributed by atoms with E-state index in [1.54, 1.807) is 4.90 Å².